The molecular weight excluding hydrogens is 413 g/mol. The van der Waals surface area contributed by atoms with E-state index in [-0.39, 0.29) is 17.5 Å². The normalized spacial score (nSPS) is 17.3. The number of benzene rings is 2. The zero-order chi connectivity index (χ0) is 20.9. The van der Waals surface area contributed by atoms with Gasteiger partial charge in [-0.05, 0) is 37.1 Å². The zero-order valence-electron chi connectivity index (χ0n) is 15.8. The topological polar surface area (TPSA) is 51.0 Å². The van der Waals surface area contributed by atoms with E-state index in [1.807, 2.05) is 24.3 Å². The quantitative estimate of drug-likeness (QED) is 0.458. The first-order valence-corrected chi connectivity index (χ1v) is 10.4. The van der Waals surface area contributed by atoms with E-state index in [0.29, 0.717) is 12.1 Å². The Morgan fingerprint density at radius 1 is 1.07 bits per heavy atom. The fourth-order valence-electron chi connectivity index (χ4n) is 4.03. The Bertz CT molecular complexity index is 1210. The molecule has 0 spiro atoms. The molecule has 2 aromatic carbocycles. The Balaban J connectivity index is 1.48. The second-order valence-electron chi connectivity index (χ2n) is 7.27. The molecule has 0 aliphatic carbocycles. The lowest BCUT2D eigenvalue weighted by atomic mass is 10.2. The van der Waals surface area contributed by atoms with E-state index in [1.165, 1.54) is 17.4 Å². The number of amides is 1. The summed E-state index contributed by atoms with van der Waals surface area (Å²) in [6, 6.07) is 13.9. The second-order valence-corrected chi connectivity index (χ2v) is 8.34. The molecule has 1 aliphatic rings. The molecule has 1 aliphatic heterocycles. The van der Waals surface area contributed by atoms with Gasteiger partial charge in [-0.25, -0.2) is 9.97 Å². The molecule has 1 atom stereocenters. The summed E-state index contributed by atoms with van der Waals surface area (Å²) in [5.41, 5.74) is 1.40. The summed E-state index contributed by atoms with van der Waals surface area (Å²) in [5, 5.41) is 0.827. The SMILES string of the molecule is O=C(Cn1c(C(F)(F)F)nc2ccccc21)N1CCCC1c1nc2ccccc2s1. The van der Waals surface area contributed by atoms with Gasteiger partial charge in [0.1, 0.15) is 11.6 Å². The van der Waals surface area contributed by atoms with Crippen molar-refractivity contribution in [1.82, 2.24) is 19.4 Å². The van der Waals surface area contributed by atoms with Crippen LogP contribution in [0, 0.1) is 0 Å². The van der Waals surface area contributed by atoms with E-state index in [4.69, 9.17) is 0 Å². The lowest BCUT2D eigenvalue weighted by Crippen LogP contribution is -2.34. The Kier molecular flexibility index (Phi) is 4.50. The minimum Gasteiger partial charge on any atom is -0.332 e. The van der Waals surface area contributed by atoms with E-state index in [1.54, 1.807) is 23.1 Å². The van der Waals surface area contributed by atoms with Gasteiger partial charge in [0.25, 0.3) is 0 Å². The molecule has 1 fully saturated rings. The fourth-order valence-corrected chi connectivity index (χ4v) is 5.15. The van der Waals surface area contributed by atoms with Gasteiger partial charge in [0.2, 0.25) is 11.7 Å². The van der Waals surface area contributed by atoms with E-state index in [9.17, 15) is 18.0 Å². The van der Waals surface area contributed by atoms with Crippen LogP contribution in [-0.4, -0.2) is 31.9 Å². The molecule has 2 aromatic heterocycles. The third-order valence-corrected chi connectivity index (χ3v) is 6.51. The lowest BCUT2D eigenvalue weighted by molar-refractivity contribution is -0.148. The largest absolute Gasteiger partial charge is 0.449 e. The van der Waals surface area contributed by atoms with Crippen LogP contribution in [0.4, 0.5) is 13.2 Å². The Hall–Kier alpha value is -2.94. The number of fused-ring (bicyclic) bond motifs is 2. The molecule has 4 aromatic rings. The number of rotatable bonds is 3. The summed E-state index contributed by atoms with van der Waals surface area (Å²) in [5.74, 6) is -1.40. The van der Waals surface area contributed by atoms with Gasteiger partial charge in [0.05, 0.1) is 27.3 Å². The van der Waals surface area contributed by atoms with Crippen molar-refractivity contribution in [1.29, 1.82) is 0 Å². The molecule has 5 nitrogen and oxygen atoms in total. The number of para-hydroxylation sites is 3. The highest BCUT2D eigenvalue weighted by atomic mass is 32.1. The average molecular weight is 430 g/mol. The first-order chi connectivity index (χ1) is 14.4. The van der Waals surface area contributed by atoms with Crippen molar-refractivity contribution in [2.75, 3.05) is 6.54 Å². The zero-order valence-corrected chi connectivity index (χ0v) is 16.6. The monoisotopic (exact) mass is 430 g/mol. The Morgan fingerprint density at radius 2 is 1.80 bits per heavy atom. The van der Waals surface area contributed by atoms with Crippen molar-refractivity contribution < 1.29 is 18.0 Å². The molecule has 30 heavy (non-hydrogen) atoms. The van der Waals surface area contributed by atoms with Gasteiger partial charge in [-0.2, -0.15) is 13.2 Å². The molecule has 3 heterocycles. The molecule has 0 bridgehead atoms. The number of hydrogen-bond acceptors (Lipinski definition) is 4. The molecule has 1 saturated heterocycles. The van der Waals surface area contributed by atoms with Gasteiger partial charge in [-0.3, -0.25) is 4.79 Å². The molecule has 9 heteroatoms. The van der Waals surface area contributed by atoms with Gasteiger partial charge in [-0.1, -0.05) is 24.3 Å². The highest BCUT2D eigenvalue weighted by molar-refractivity contribution is 7.18. The standard InChI is InChI=1S/C21H17F3N4OS/c22-21(23,24)20-26-13-6-1-3-8-15(13)28(20)12-18(29)27-11-5-9-16(27)19-25-14-7-2-4-10-17(14)30-19/h1-4,6-8,10,16H,5,9,11-12H2. The summed E-state index contributed by atoms with van der Waals surface area (Å²) < 4.78 is 42.7. The van der Waals surface area contributed by atoms with Crippen LogP contribution >= 0.6 is 11.3 Å². The third kappa shape index (κ3) is 3.23. The number of likely N-dealkylation sites (tertiary alicyclic amines) is 1. The number of carbonyl (C=O) groups is 1. The second kappa shape index (κ2) is 7.09. The fraction of sp³-hybridized carbons (Fsp3) is 0.286. The Morgan fingerprint density at radius 3 is 2.57 bits per heavy atom. The number of aromatic nitrogens is 3. The number of alkyl halides is 3. The molecule has 5 rings (SSSR count). The van der Waals surface area contributed by atoms with Crippen LogP contribution in [0.15, 0.2) is 48.5 Å². The molecule has 0 radical (unpaired) electrons. The lowest BCUT2D eigenvalue weighted by Gasteiger charge is -2.24. The van der Waals surface area contributed by atoms with E-state index in [0.717, 1.165) is 32.6 Å². The van der Waals surface area contributed by atoms with Gasteiger partial charge < -0.3 is 9.47 Å². The predicted molar refractivity (Wildman–Crippen MR) is 108 cm³/mol. The first kappa shape index (κ1) is 19.0. The molecule has 1 amide bonds. The number of halogens is 3. The Labute approximate surface area is 173 Å². The van der Waals surface area contributed by atoms with Crippen LogP contribution in [0.3, 0.4) is 0 Å². The number of hydrogen-bond donors (Lipinski definition) is 0. The van der Waals surface area contributed by atoms with E-state index in [2.05, 4.69) is 9.97 Å². The van der Waals surface area contributed by atoms with Crippen LogP contribution < -0.4 is 0 Å². The molecule has 0 N–H and O–H groups in total. The van der Waals surface area contributed by atoms with Crippen LogP contribution in [-0.2, 0) is 17.5 Å². The van der Waals surface area contributed by atoms with Gasteiger partial charge >= 0.3 is 6.18 Å². The maximum Gasteiger partial charge on any atom is 0.449 e. The summed E-state index contributed by atoms with van der Waals surface area (Å²) in [6.07, 6.45) is -3.09. The number of carbonyl (C=O) groups excluding carboxylic acids is 1. The molecule has 0 saturated carbocycles. The maximum atomic E-state index is 13.6. The van der Waals surface area contributed by atoms with Crippen molar-refractivity contribution in [2.24, 2.45) is 0 Å². The summed E-state index contributed by atoms with van der Waals surface area (Å²) >= 11 is 1.53. The highest BCUT2D eigenvalue weighted by Crippen LogP contribution is 2.37. The summed E-state index contributed by atoms with van der Waals surface area (Å²) in [4.78, 5) is 23.2. The van der Waals surface area contributed by atoms with Crippen molar-refractivity contribution in [3.05, 3.63) is 59.4 Å². The summed E-state index contributed by atoms with van der Waals surface area (Å²) in [6.45, 7) is 0.101. The van der Waals surface area contributed by atoms with E-state index >= 15 is 0 Å². The minimum atomic E-state index is -4.64. The van der Waals surface area contributed by atoms with Crippen LogP contribution in [0.25, 0.3) is 21.3 Å². The maximum absolute atomic E-state index is 13.6. The van der Waals surface area contributed by atoms with Crippen molar-refractivity contribution in [3.8, 4) is 0 Å². The van der Waals surface area contributed by atoms with Crippen LogP contribution in [0.5, 0.6) is 0 Å². The predicted octanol–water partition coefficient (Wildman–Crippen LogP) is 5.03. The van der Waals surface area contributed by atoms with Gasteiger partial charge in [0, 0.05) is 6.54 Å². The van der Waals surface area contributed by atoms with Crippen LogP contribution in [0.2, 0.25) is 0 Å². The first-order valence-electron chi connectivity index (χ1n) is 9.59. The van der Waals surface area contributed by atoms with Crippen molar-refractivity contribution in [3.63, 3.8) is 0 Å². The van der Waals surface area contributed by atoms with Crippen LogP contribution in [0.1, 0.15) is 29.7 Å². The average Bonchev–Trinajstić information content (AvgIpc) is 3.43. The number of thiazole rings is 1. The molecule has 1 unspecified atom stereocenters. The number of imidazole rings is 1. The van der Waals surface area contributed by atoms with Gasteiger partial charge in [0.15, 0.2) is 0 Å². The molecule has 154 valence electrons. The van der Waals surface area contributed by atoms with Crippen molar-refractivity contribution >= 4 is 38.5 Å². The number of nitrogens with zero attached hydrogens (tertiary/aromatic N) is 4. The summed E-state index contributed by atoms with van der Waals surface area (Å²) in [7, 11) is 0. The van der Waals surface area contributed by atoms with Crippen molar-refractivity contribution in [2.45, 2.75) is 31.6 Å². The van der Waals surface area contributed by atoms with E-state index < -0.39 is 18.5 Å². The highest BCUT2D eigenvalue weighted by Gasteiger charge is 2.39. The third-order valence-electron chi connectivity index (χ3n) is 5.37. The van der Waals surface area contributed by atoms with Gasteiger partial charge in [-0.15, -0.1) is 11.3 Å². The molecular formula is C21H17F3N4OS. The smallest absolute Gasteiger partial charge is 0.332 e. The minimum absolute atomic E-state index is 0.209.